The average molecular weight is 227 g/mol. The molecule has 3 heteroatoms. The molecule has 1 aliphatic rings. The minimum Gasteiger partial charge on any atom is -0.481 e. The fourth-order valence-corrected chi connectivity index (χ4v) is 2.43. The summed E-state index contributed by atoms with van der Waals surface area (Å²) in [6, 6.07) is 0.561. The third-order valence-corrected chi connectivity index (χ3v) is 4.24. The van der Waals surface area contributed by atoms with Crippen LogP contribution >= 0.6 is 0 Å². The second-order valence-corrected chi connectivity index (χ2v) is 5.55. The van der Waals surface area contributed by atoms with E-state index in [1.807, 2.05) is 6.92 Å². The van der Waals surface area contributed by atoms with Crippen molar-refractivity contribution in [3.05, 3.63) is 0 Å². The molecule has 16 heavy (non-hydrogen) atoms. The first-order chi connectivity index (χ1) is 7.41. The van der Waals surface area contributed by atoms with Crippen molar-refractivity contribution in [2.45, 2.75) is 59.0 Å². The Hall–Kier alpha value is -0.570. The molecule has 0 spiro atoms. The lowest BCUT2D eigenvalue weighted by Crippen LogP contribution is -2.45. The largest absolute Gasteiger partial charge is 0.481 e. The van der Waals surface area contributed by atoms with E-state index >= 15 is 0 Å². The first-order valence-electron chi connectivity index (χ1n) is 6.40. The highest BCUT2D eigenvalue weighted by Crippen LogP contribution is 2.29. The van der Waals surface area contributed by atoms with Gasteiger partial charge < -0.3 is 10.4 Å². The highest BCUT2D eigenvalue weighted by molar-refractivity contribution is 5.70. The zero-order valence-corrected chi connectivity index (χ0v) is 10.9. The van der Waals surface area contributed by atoms with E-state index in [1.54, 1.807) is 6.92 Å². The zero-order chi connectivity index (χ0) is 12.3. The fraction of sp³-hybridized carbons (Fsp3) is 0.923. The number of carbonyl (C=O) groups is 1. The molecule has 1 aliphatic carbocycles. The van der Waals surface area contributed by atoms with Crippen molar-refractivity contribution < 1.29 is 9.90 Å². The van der Waals surface area contributed by atoms with Crippen LogP contribution in [-0.4, -0.2) is 23.2 Å². The molecule has 94 valence electrons. The van der Waals surface area contributed by atoms with Gasteiger partial charge in [-0.3, -0.25) is 4.79 Å². The van der Waals surface area contributed by atoms with Gasteiger partial charge in [-0.2, -0.15) is 0 Å². The van der Waals surface area contributed by atoms with Crippen molar-refractivity contribution in [3.8, 4) is 0 Å². The van der Waals surface area contributed by atoms with Crippen LogP contribution in [0, 0.1) is 17.8 Å². The van der Waals surface area contributed by atoms with Gasteiger partial charge in [-0.1, -0.05) is 20.8 Å². The minimum absolute atomic E-state index is 0.0584. The lowest BCUT2D eigenvalue weighted by molar-refractivity contribution is -0.142. The molecule has 2 N–H and O–H groups in total. The predicted molar refractivity (Wildman–Crippen MR) is 65.4 cm³/mol. The summed E-state index contributed by atoms with van der Waals surface area (Å²) in [4.78, 5) is 10.9. The number of rotatable bonds is 4. The molecule has 1 saturated carbocycles. The van der Waals surface area contributed by atoms with Gasteiger partial charge in [-0.05, 0) is 38.0 Å². The van der Waals surface area contributed by atoms with Crippen LogP contribution in [0.25, 0.3) is 0 Å². The maximum Gasteiger partial charge on any atom is 0.307 e. The van der Waals surface area contributed by atoms with Gasteiger partial charge in [0.15, 0.2) is 0 Å². The Morgan fingerprint density at radius 3 is 2.38 bits per heavy atom. The van der Waals surface area contributed by atoms with Gasteiger partial charge in [0.1, 0.15) is 0 Å². The van der Waals surface area contributed by atoms with E-state index in [1.165, 1.54) is 19.3 Å². The zero-order valence-electron chi connectivity index (χ0n) is 10.9. The normalized spacial score (nSPS) is 34.4. The maximum atomic E-state index is 10.9. The van der Waals surface area contributed by atoms with E-state index in [2.05, 4.69) is 19.2 Å². The first-order valence-corrected chi connectivity index (χ1v) is 6.40. The quantitative estimate of drug-likeness (QED) is 0.776. The lowest BCUT2D eigenvalue weighted by Gasteiger charge is -2.35. The van der Waals surface area contributed by atoms with Crippen LogP contribution in [0.2, 0.25) is 0 Å². The molecule has 0 saturated heterocycles. The van der Waals surface area contributed by atoms with Crippen molar-refractivity contribution in [3.63, 3.8) is 0 Å². The van der Waals surface area contributed by atoms with E-state index < -0.39 is 5.97 Å². The van der Waals surface area contributed by atoms with Gasteiger partial charge in [0.25, 0.3) is 0 Å². The number of hydrogen-bond donors (Lipinski definition) is 2. The Kier molecular flexibility index (Phi) is 4.78. The van der Waals surface area contributed by atoms with Gasteiger partial charge in [0.05, 0.1) is 5.92 Å². The summed E-state index contributed by atoms with van der Waals surface area (Å²) in [7, 11) is 0. The van der Waals surface area contributed by atoms with Gasteiger partial charge in [-0.15, -0.1) is 0 Å². The van der Waals surface area contributed by atoms with E-state index in [4.69, 9.17) is 5.11 Å². The van der Waals surface area contributed by atoms with E-state index in [0.29, 0.717) is 6.04 Å². The highest BCUT2D eigenvalue weighted by Gasteiger charge is 2.27. The Morgan fingerprint density at radius 1 is 1.25 bits per heavy atom. The average Bonchev–Trinajstić information content (AvgIpc) is 2.22. The number of carboxylic acid groups (broad SMARTS) is 1. The molecule has 5 unspecified atom stereocenters. The van der Waals surface area contributed by atoms with Gasteiger partial charge >= 0.3 is 5.97 Å². The summed E-state index contributed by atoms with van der Waals surface area (Å²) < 4.78 is 0. The monoisotopic (exact) mass is 227 g/mol. The Balaban J connectivity index is 2.40. The lowest BCUT2D eigenvalue weighted by atomic mass is 9.79. The third kappa shape index (κ3) is 3.48. The van der Waals surface area contributed by atoms with Crippen LogP contribution in [-0.2, 0) is 4.79 Å². The smallest absolute Gasteiger partial charge is 0.307 e. The van der Waals surface area contributed by atoms with Crippen molar-refractivity contribution in [1.29, 1.82) is 0 Å². The second-order valence-electron chi connectivity index (χ2n) is 5.55. The highest BCUT2D eigenvalue weighted by atomic mass is 16.4. The minimum atomic E-state index is -0.711. The summed E-state index contributed by atoms with van der Waals surface area (Å²) in [5.41, 5.74) is 0. The molecular weight excluding hydrogens is 202 g/mol. The van der Waals surface area contributed by atoms with Crippen molar-refractivity contribution in [1.82, 2.24) is 5.32 Å². The van der Waals surface area contributed by atoms with E-state index in [0.717, 1.165) is 11.8 Å². The molecular formula is C13H25NO2. The van der Waals surface area contributed by atoms with Crippen LogP contribution in [0.1, 0.15) is 47.0 Å². The Morgan fingerprint density at radius 2 is 1.88 bits per heavy atom. The summed E-state index contributed by atoms with van der Waals surface area (Å²) >= 11 is 0. The van der Waals surface area contributed by atoms with Gasteiger partial charge in [0, 0.05) is 12.1 Å². The van der Waals surface area contributed by atoms with Gasteiger partial charge in [0.2, 0.25) is 0 Å². The molecule has 1 rings (SSSR count). The summed E-state index contributed by atoms with van der Waals surface area (Å²) in [5.74, 6) is 0.538. The standard InChI is InChI=1S/C13H25NO2/c1-8-5-6-12(7-9(8)2)14-11(4)10(3)13(15)16/h8-12,14H,5-7H2,1-4H3,(H,15,16). The second kappa shape index (κ2) is 5.67. The van der Waals surface area contributed by atoms with Crippen LogP contribution < -0.4 is 5.32 Å². The molecule has 0 aromatic carbocycles. The van der Waals surface area contributed by atoms with Crippen LogP contribution in [0.15, 0.2) is 0 Å². The molecule has 0 heterocycles. The summed E-state index contributed by atoms with van der Waals surface area (Å²) in [6.07, 6.45) is 3.62. The molecule has 0 aliphatic heterocycles. The predicted octanol–water partition coefficient (Wildman–Crippen LogP) is 2.51. The SMILES string of the molecule is CC1CCC(NC(C)C(C)C(=O)O)CC1C. The molecule has 3 nitrogen and oxygen atoms in total. The molecule has 0 aromatic heterocycles. The topological polar surface area (TPSA) is 49.3 Å². The summed E-state index contributed by atoms with van der Waals surface area (Å²) in [6.45, 7) is 8.35. The van der Waals surface area contributed by atoms with Crippen molar-refractivity contribution >= 4 is 5.97 Å². The number of nitrogens with one attached hydrogen (secondary N) is 1. The van der Waals surface area contributed by atoms with Crippen LogP contribution in [0.5, 0.6) is 0 Å². The van der Waals surface area contributed by atoms with E-state index in [-0.39, 0.29) is 12.0 Å². The number of carboxylic acids is 1. The van der Waals surface area contributed by atoms with E-state index in [9.17, 15) is 4.79 Å². The maximum absolute atomic E-state index is 10.9. The molecule has 1 fully saturated rings. The molecule has 0 bridgehead atoms. The fourth-order valence-electron chi connectivity index (χ4n) is 2.43. The Bertz CT molecular complexity index is 242. The molecule has 5 atom stereocenters. The number of hydrogen-bond acceptors (Lipinski definition) is 2. The van der Waals surface area contributed by atoms with Crippen molar-refractivity contribution in [2.24, 2.45) is 17.8 Å². The Labute approximate surface area is 98.6 Å². The molecule has 0 radical (unpaired) electrons. The van der Waals surface area contributed by atoms with Crippen LogP contribution in [0.3, 0.4) is 0 Å². The third-order valence-electron chi connectivity index (χ3n) is 4.24. The molecule has 0 amide bonds. The first kappa shape index (κ1) is 13.5. The summed E-state index contributed by atoms with van der Waals surface area (Å²) in [5, 5.41) is 12.4. The number of aliphatic carboxylic acids is 1. The van der Waals surface area contributed by atoms with Crippen molar-refractivity contribution in [2.75, 3.05) is 0 Å². The van der Waals surface area contributed by atoms with Crippen LogP contribution in [0.4, 0.5) is 0 Å². The molecule has 0 aromatic rings. The van der Waals surface area contributed by atoms with Gasteiger partial charge in [-0.25, -0.2) is 0 Å².